The number of hydrogen-bond donors (Lipinski definition) is 1. The predicted octanol–water partition coefficient (Wildman–Crippen LogP) is 1.72. The summed E-state index contributed by atoms with van der Waals surface area (Å²) in [6.07, 6.45) is 5.10. The van der Waals surface area contributed by atoms with Crippen molar-refractivity contribution in [2.75, 3.05) is 6.61 Å². The van der Waals surface area contributed by atoms with Crippen molar-refractivity contribution in [1.82, 2.24) is 9.38 Å². The molecular weight excluding hydrogens is 236 g/mol. The summed E-state index contributed by atoms with van der Waals surface area (Å²) in [5.41, 5.74) is 0.937. The molecule has 0 saturated carbocycles. The molecule has 3 unspecified atom stereocenters. The van der Waals surface area contributed by atoms with E-state index in [9.17, 15) is 5.11 Å². The van der Waals surface area contributed by atoms with Crippen LogP contribution in [-0.2, 0) is 11.2 Å². The Labute approximate surface area is 104 Å². The Balaban J connectivity index is 1.72. The van der Waals surface area contributed by atoms with Crippen LogP contribution < -0.4 is 0 Å². The first-order chi connectivity index (χ1) is 8.24. The largest absolute Gasteiger partial charge is 0.390 e. The monoisotopic (exact) mass is 252 g/mol. The molecule has 2 aromatic rings. The molecule has 3 atom stereocenters. The maximum absolute atomic E-state index is 10.2. The maximum atomic E-state index is 10.2. The van der Waals surface area contributed by atoms with Crippen molar-refractivity contribution in [3.05, 3.63) is 23.5 Å². The van der Waals surface area contributed by atoms with Crippen LogP contribution in [0.4, 0.5) is 0 Å². The van der Waals surface area contributed by atoms with Gasteiger partial charge in [-0.15, -0.1) is 11.3 Å². The molecule has 1 aliphatic rings. The van der Waals surface area contributed by atoms with E-state index >= 15 is 0 Å². The van der Waals surface area contributed by atoms with Gasteiger partial charge in [0.2, 0.25) is 0 Å². The Morgan fingerprint density at radius 2 is 2.59 bits per heavy atom. The number of thiazole rings is 1. The van der Waals surface area contributed by atoms with Gasteiger partial charge in [-0.1, -0.05) is 6.92 Å². The lowest BCUT2D eigenvalue weighted by Gasteiger charge is -2.20. The highest BCUT2D eigenvalue weighted by Gasteiger charge is 2.31. The fourth-order valence-electron chi connectivity index (χ4n) is 2.41. The molecule has 1 saturated heterocycles. The number of rotatable bonds is 3. The van der Waals surface area contributed by atoms with Crippen LogP contribution in [0.5, 0.6) is 0 Å². The summed E-state index contributed by atoms with van der Waals surface area (Å²) in [4.78, 5) is 5.45. The van der Waals surface area contributed by atoms with Crippen LogP contribution in [0.1, 0.15) is 19.0 Å². The Kier molecular flexibility index (Phi) is 2.90. The predicted molar refractivity (Wildman–Crippen MR) is 66.3 cm³/mol. The number of aliphatic hydroxyl groups excluding tert-OH is 1. The second kappa shape index (κ2) is 4.40. The number of aromatic nitrogens is 2. The first-order valence-electron chi connectivity index (χ1n) is 5.95. The van der Waals surface area contributed by atoms with Crippen molar-refractivity contribution in [1.29, 1.82) is 0 Å². The molecule has 3 rings (SSSR count). The van der Waals surface area contributed by atoms with E-state index in [1.165, 1.54) is 0 Å². The van der Waals surface area contributed by atoms with Gasteiger partial charge in [-0.2, -0.15) is 0 Å². The van der Waals surface area contributed by atoms with Crippen molar-refractivity contribution in [2.45, 2.75) is 32.0 Å². The molecule has 2 aromatic heterocycles. The zero-order valence-corrected chi connectivity index (χ0v) is 10.6. The van der Waals surface area contributed by atoms with Gasteiger partial charge >= 0.3 is 0 Å². The maximum Gasteiger partial charge on any atom is 0.193 e. The number of hydrogen-bond acceptors (Lipinski definition) is 4. The van der Waals surface area contributed by atoms with Crippen molar-refractivity contribution in [3.63, 3.8) is 0 Å². The molecule has 0 aliphatic carbocycles. The van der Waals surface area contributed by atoms with Crippen LogP contribution in [-0.4, -0.2) is 33.3 Å². The van der Waals surface area contributed by atoms with E-state index < -0.39 is 6.10 Å². The summed E-state index contributed by atoms with van der Waals surface area (Å²) < 4.78 is 7.56. The first-order valence-corrected chi connectivity index (χ1v) is 6.83. The molecule has 0 spiro atoms. The highest BCUT2D eigenvalue weighted by Crippen LogP contribution is 2.24. The van der Waals surface area contributed by atoms with Crippen LogP contribution >= 0.6 is 11.3 Å². The second-order valence-electron chi connectivity index (χ2n) is 4.70. The van der Waals surface area contributed by atoms with E-state index in [4.69, 9.17) is 4.74 Å². The molecule has 4 nitrogen and oxygen atoms in total. The summed E-state index contributed by atoms with van der Waals surface area (Å²) in [6, 6.07) is 0. The average molecular weight is 252 g/mol. The second-order valence-corrected chi connectivity index (χ2v) is 5.57. The average Bonchev–Trinajstić information content (AvgIpc) is 2.92. The minimum Gasteiger partial charge on any atom is -0.390 e. The standard InChI is InChI=1S/C12H16N2O2S/c1-8-2-4-16-11(8)10(15)6-9-7-14-3-5-17-12(14)13-9/h3,5,7-8,10-11,15H,2,4,6H2,1H3. The van der Waals surface area contributed by atoms with E-state index in [2.05, 4.69) is 11.9 Å². The summed E-state index contributed by atoms with van der Waals surface area (Å²) in [5, 5.41) is 12.2. The summed E-state index contributed by atoms with van der Waals surface area (Å²) in [5.74, 6) is 0.439. The zero-order valence-electron chi connectivity index (χ0n) is 9.74. The van der Waals surface area contributed by atoms with Crippen molar-refractivity contribution in [3.8, 4) is 0 Å². The van der Waals surface area contributed by atoms with Crippen molar-refractivity contribution in [2.24, 2.45) is 5.92 Å². The van der Waals surface area contributed by atoms with E-state index in [0.717, 1.165) is 23.7 Å². The Morgan fingerprint density at radius 3 is 3.29 bits per heavy atom. The SMILES string of the molecule is CC1CCOC1C(O)Cc1cn2ccsc2n1. The van der Waals surface area contributed by atoms with Gasteiger partial charge in [-0.25, -0.2) is 4.98 Å². The van der Waals surface area contributed by atoms with Crippen LogP contribution in [0.3, 0.4) is 0 Å². The number of imidazole rings is 1. The Bertz CT molecular complexity index is 479. The van der Waals surface area contributed by atoms with Gasteiger partial charge in [-0.05, 0) is 12.3 Å². The van der Waals surface area contributed by atoms with Crippen LogP contribution in [0, 0.1) is 5.92 Å². The molecule has 1 fully saturated rings. The van der Waals surface area contributed by atoms with Crippen LogP contribution in [0.15, 0.2) is 17.8 Å². The topological polar surface area (TPSA) is 46.8 Å². The van der Waals surface area contributed by atoms with Gasteiger partial charge in [0.05, 0.1) is 17.9 Å². The summed E-state index contributed by atoms with van der Waals surface area (Å²) >= 11 is 1.61. The van der Waals surface area contributed by atoms with Gasteiger partial charge in [-0.3, -0.25) is 4.40 Å². The lowest BCUT2D eigenvalue weighted by atomic mass is 9.97. The summed E-state index contributed by atoms with van der Waals surface area (Å²) in [7, 11) is 0. The van der Waals surface area contributed by atoms with Gasteiger partial charge in [0.1, 0.15) is 0 Å². The third-order valence-corrected chi connectivity index (χ3v) is 4.16. The lowest BCUT2D eigenvalue weighted by Crippen LogP contribution is -2.31. The third-order valence-electron chi connectivity index (χ3n) is 3.38. The first kappa shape index (κ1) is 11.2. The molecule has 0 amide bonds. The van der Waals surface area contributed by atoms with Crippen molar-refractivity contribution >= 4 is 16.3 Å². The highest BCUT2D eigenvalue weighted by molar-refractivity contribution is 7.15. The quantitative estimate of drug-likeness (QED) is 0.905. The summed E-state index contributed by atoms with van der Waals surface area (Å²) in [6.45, 7) is 2.90. The molecule has 1 N–H and O–H groups in total. The zero-order chi connectivity index (χ0) is 11.8. The molecule has 0 radical (unpaired) electrons. The fraction of sp³-hybridized carbons (Fsp3) is 0.583. The Hall–Kier alpha value is -0.910. The minimum absolute atomic E-state index is 0.0327. The number of aliphatic hydroxyl groups is 1. The lowest BCUT2D eigenvalue weighted by molar-refractivity contribution is -0.0161. The van der Waals surface area contributed by atoms with Crippen molar-refractivity contribution < 1.29 is 9.84 Å². The van der Waals surface area contributed by atoms with E-state index in [1.807, 2.05) is 22.2 Å². The molecule has 92 valence electrons. The highest BCUT2D eigenvalue weighted by atomic mass is 32.1. The molecule has 1 aliphatic heterocycles. The van der Waals surface area contributed by atoms with E-state index in [0.29, 0.717) is 12.3 Å². The minimum atomic E-state index is -0.447. The molecule has 3 heterocycles. The number of nitrogens with zero attached hydrogens (tertiary/aromatic N) is 2. The Morgan fingerprint density at radius 1 is 1.71 bits per heavy atom. The number of fused-ring (bicyclic) bond motifs is 1. The van der Waals surface area contributed by atoms with E-state index in [1.54, 1.807) is 11.3 Å². The van der Waals surface area contributed by atoms with Gasteiger partial charge in [0.15, 0.2) is 4.96 Å². The normalized spacial score (nSPS) is 26.7. The van der Waals surface area contributed by atoms with Gasteiger partial charge in [0, 0.05) is 30.8 Å². The van der Waals surface area contributed by atoms with Crippen LogP contribution in [0.25, 0.3) is 4.96 Å². The fourth-order valence-corrected chi connectivity index (χ4v) is 3.13. The van der Waals surface area contributed by atoms with Gasteiger partial charge < -0.3 is 9.84 Å². The van der Waals surface area contributed by atoms with Crippen LogP contribution in [0.2, 0.25) is 0 Å². The van der Waals surface area contributed by atoms with Gasteiger partial charge in [0.25, 0.3) is 0 Å². The third kappa shape index (κ3) is 2.10. The molecule has 17 heavy (non-hydrogen) atoms. The number of ether oxygens (including phenoxy) is 1. The molecule has 5 heteroatoms. The molecule has 0 aromatic carbocycles. The molecule has 0 bridgehead atoms. The smallest absolute Gasteiger partial charge is 0.193 e. The van der Waals surface area contributed by atoms with E-state index in [-0.39, 0.29) is 6.10 Å². The molecular formula is C12H16N2O2S.